The first kappa shape index (κ1) is 14.5. The van der Waals surface area contributed by atoms with Crippen LogP contribution in [0.15, 0.2) is 42.5 Å². The molecule has 0 amide bonds. The number of ether oxygens (including phenoxy) is 1. The number of esters is 1. The topological polar surface area (TPSA) is 76.1 Å². The summed E-state index contributed by atoms with van der Waals surface area (Å²) in [5, 5.41) is 8.73. The van der Waals surface area contributed by atoms with Gasteiger partial charge in [0.2, 0.25) is 0 Å². The van der Waals surface area contributed by atoms with Gasteiger partial charge in [-0.25, -0.2) is 4.39 Å². The van der Waals surface area contributed by atoms with Gasteiger partial charge in [0.1, 0.15) is 18.5 Å². The van der Waals surface area contributed by atoms with E-state index in [0.717, 1.165) is 5.56 Å². The summed E-state index contributed by atoms with van der Waals surface area (Å²) in [6.45, 7) is -0.00386. The van der Waals surface area contributed by atoms with Crippen LogP contribution in [-0.2, 0) is 22.6 Å². The molecule has 0 spiro atoms. The largest absolute Gasteiger partial charge is 0.461 e. The molecule has 0 aliphatic carbocycles. The first-order valence-corrected chi connectivity index (χ1v) is 6.27. The molecule has 2 N–H and O–H groups in total. The zero-order chi connectivity index (χ0) is 15.2. The predicted octanol–water partition coefficient (Wildman–Crippen LogP) is 2.57. The second-order valence-corrected chi connectivity index (χ2v) is 4.51. The van der Waals surface area contributed by atoms with Crippen molar-refractivity contribution >= 4 is 11.7 Å². The van der Waals surface area contributed by atoms with Crippen molar-refractivity contribution in [1.82, 2.24) is 0 Å². The van der Waals surface area contributed by atoms with E-state index < -0.39 is 11.8 Å². The van der Waals surface area contributed by atoms with Crippen molar-refractivity contribution in [1.29, 1.82) is 5.26 Å². The van der Waals surface area contributed by atoms with Crippen molar-refractivity contribution in [3.63, 3.8) is 0 Å². The molecular formula is C16H13FN2O2. The highest BCUT2D eigenvalue weighted by atomic mass is 19.1. The molecule has 5 heteroatoms. The maximum atomic E-state index is 13.2. The number of hydrogen-bond acceptors (Lipinski definition) is 4. The van der Waals surface area contributed by atoms with E-state index in [1.54, 1.807) is 30.3 Å². The van der Waals surface area contributed by atoms with E-state index in [-0.39, 0.29) is 18.6 Å². The summed E-state index contributed by atoms with van der Waals surface area (Å²) in [6, 6.07) is 12.7. The van der Waals surface area contributed by atoms with E-state index in [4.69, 9.17) is 15.7 Å². The van der Waals surface area contributed by atoms with E-state index in [9.17, 15) is 9.18 Å². The Labute approximate surface area is 121 Å². The molecule has 0 atom stereocenters. The van der Waals surface area contributed by atoms with Crippen LogP contribution in [0.5, 0.6) is 0 Å². The highest BCUT2D eigenvalue weighted by molar-refractivity contribution is 5.73. The average Bonchev–Trinajstić information content (AvgIpc) is 2.46. The number of carbonyl (C=O) groups is 1. The number of anilines is 1. The molecule has 0 saturated carbocycles. The van der Waals surface area contributed by atoms with E-state index in [1.165, 1.54) is 18.2 Å². The van der Waals surface area contributed by atoms with Gasteiger partial charge in [0, 0.05) is 5.69 Å². The SMILES string of the molecule is N#Cc1cc(COC(=O)Cc2cccc(N)c2)ccc1F. The number of nitrogens with two attached hydrogens (primary N) is 1. The molecule has 4 nitrogen and oxygen atoms in total. The van der Waals surface area contributed by atoms with Gasteiger partial charge in [-0.3, -0.25) is 4.79 Å². The third-order valence-electron chi connectivity index (χ3n) is 2.85. The summed E-state index contributed by atoms with van der Waals surface area (Å²) in [5.74, 6) is -1.00. The minimum atomic E-state index is -0.590. The van der Waals surface area contributed by atoms with E-state index in [1.807, 2.05) is 0 Å². The number of halogens is 1. The van der Waals surface area contributed by atoms with Gasteiger partial charge in [-0.05, 0) is 35.4 Å². The number of hydrogen-bond donors (Lipinski definition) is 1. The van der Waals surface area contributed by atoms with Crippen LogP contribution < -0.4 is 5.73 Å². The lowest BCUT2D eigenvalue weighted by Crippen LogP contribution is -2.08. The molecule has 2 aromatic carbocycles. The van der Waals surface area contributed by atoms with Crippen LogP contribution in [0.4, 0.5) is 10.1 Å². The summed E-state index contributed by atoms with van der Waals surface area (Å²) in [6.07, 6.45) is 0.108. The number of carbonyl (C=O) groups excluding carboxylic acids is 1. The summed E-state index contributed by atoms with van der Waals surface area (Å²) in [7, 11) is 0. The summed E-state index contributed by atoms with van der Waals surface area (Å²) in [4.78, 5) is 11.7. The molecule has 21 heavy (non-hydrogen) atoms. The normalized spacial score (nSPS) is 9.90. The second kappa shape index (κ2) is 6.53. The molecule has 0 radical (unpaired) electrons. The van der Waals surface area contributed by atoms with Gasteiger partial charge >= 0.3 is 5.97 Å². The standard InChI is InChI=1S/C16H13FN2O2/c17-15-5-4-12(6-13(15)9-18)10-21-16(20)8-11-2-1-3-14(19)7-11/h1-7H,8,10,19H2. The molecule has 0 fully saturated rings. The van der Waals surface area contributed by atoms with Gasteiger partial charge in [0.05, 0.1) is 12.0 Å². The van der Waals surface area contributed by atoms with Crippen molar-refractivity contribution in [2.24, 2.45) is 0 Å². The van der Waals surface area contributed by atoms with Gasteiger partial charge in [-0.15, -0.1) is 0 Å². The smallest absolute Gasteiger partial charge is 0.310 e. The lowest BCUT2D eigenvalue weighted by Gasteiger charge is -2.06. The molecule has 0 aromatic heterocycles. The second-order valence-electron chi connectivity index (χ2n) is 4.51. The first-order valence-electron chi connectivity index (χ1n) is 6.27. The fourth-order valence-electron chi connectivity index (χ4n) is 1.83. The van der Waals surface area contributed by atoms with Crippen LogP contribution in [0.1, 0.15) is 16.7 Å². The Kier molecular flexibility index (Phi) is 4.52. The summed E-state index contributed by atoms with van der Waals surface area (Å²) in [5.41, 5.74) is 7.46. The number of benzene rings is 2. The molecule has 0 saturated heterocycles. The Hall–Kier alpha value is -2.87. The molecule has 0 unspecified atom stereocenters. The summed E-state index contributed by atoms with van der Waals surface area (Å²) < 4.78 is 18.3. The Morgan fingerprint density at radius 3 is 2.76 bits per heavy atom. The average molecular weight is 284 g/mol. The highest BCUT2D eigenvalue weighted by Crippen LogP contribution is 2.12. The molecule has 2 rings (SSSR count). The maximum absolute atomic E-state index is 13.2. The van der Waals surface area contributed by atoms with Crippen LogP contribution >= 0.6 is 0 Å². The van der Waals surface area contributed by atoms with E-state index in [0.29, 0.717) is 11.3 Å². The molecule has 0 bridgehead atoms. The quantitative estimate of drug-likeness (QED) is 0.691. The molecule has 2 aromatic rings. The minimum absolute atomic E-state index is 0.00386. The zero-order valence-electron chi connectivity index (χ0n) is 11.2. The number of nitriles is 1. The fraction of sp³-hybridized carbons (Fsp3) is 0.125. The van der Waals surface area contributed by atoms with Gasteiger partial charge < -0.3 is 10.5 Å². The van der Waals surface area contributed by atoms with Crippen LogP contribution in [-0.4, -0.2) is 5.97 Å². The van der Waals surface area contributed by atoms with Crippen LogP contribution in [0, 0.1) is 17.1 Å². The van der Waals surface area contributed by atoms with Crippen molar-refractivity contribution < 1.29 is 13.9 Å². The van der Waals surface area contributed by atoms with Crippen LogP contribution in [0.3, 0.4) is 0 Å². The monoisotopic (exact) mass is 284 g/mol. The predicted molar refractivity (Wildman–Crippen MR) is 75.5 cm³/mol. The molecule has 106 valence electrons. The number of nitrogen functional groups attached to an aromatic ring is 1. The lowest BCUT2D eigenvalue weighted by atomic mass is 10.1. The third-order valence-corrected chi connectivity index (χ3v) is 2.85. The van der Waals surface area contributed by atoms with Crippen molar-refractivity contribution in [3.05, 3.63) is 65.0 Å². The molecule has 0 heterocycles. The highest BCUT2D eigenvalue weighted by Gasteiger charge is 2.07. The number of nitrogens with zero attached hydrogens (tertiary/aromatic N) is 1. The van der Waals surface area contributed by atoms with Gasteiger partial charge in [0.15, 0.2) is 0 Å². The Balaban J connectivity index is 1.94. The Morgan fingerprint density at radius 1 is 1.24 bits per heavy atom. The lowest BCUT2D eigenvalue weighted by molar-refractivity contribution is -0.144. The minimum Gasteiger partial charge on any atom is -0.461 e. The van der Waals surface area contributed by atoms with Gasteiger partial charge in [-0.2, -0.15) is 5.26 Å². The number of rotatable bonds is 4. The Bertz CT molecular complexity index is 708. The van der Waals surface area contributed by atoms with E-state index >= 15 is 0 Å². The van der Waals surface area contributed by atoms with Crippen molar-refractivity contribution in [3.8, 4) is 6.07 Å². The maximum Gasteiger partial charge on any atom is 0.310 e. The first-order chi connectivity index (χ1) is 10.1. The van der Waals surface area contributed by atoms with Gasteiger partial charge in [-0.1, -0.05) is 18.2 Å². The van der Waals surface area contributed by atoms with Crippen molar-refractivity contribution in [2.45, 2.75) is 13.0 Å². The Morgan fingerprint density at radius 2 is 2.05 bits per heavy atom. The van der Waals surface area contributed by atoms with Crippen molar-refractivity contribution in [2.75, 3.05) is 5.73 Å². The zero-order valence-corrected chi connectivity index (χ0v) is 11.2. The molecule has 0 aliphatic heterocycles. The summed E-state index contributed by atoms with van der Waals surface area (Å²) >= 11 is 0. The molecule has 0 aliphatic rings. The fourth-order valence-corrected chi connectivity index (χ4v) is 1.83. The van der Waals surface area contributed by atoms with Crippen LogP contribution in [0.2, 0.25) is 0 Å². The molecular weight excluding hydrogens is 271 g/mol. The van der Waals surface area contributed by atoms with Crippen LogP contribution in [0.25, 0.3) is 0 Å². The van der Waals surface area contributed by atoms with Gasteiger partial charge in [0.25, 0.3) is 0 Å². The van der Waals surface area contributed by atoms with E-state index in [2.05, 4.69) is 0 Å². The third kappa shape index (κ3) is 4.05.